The first-order chi connectivity index (χ1) is 34.5. The Morgan fingerprint density at radius 2 is 0.959 bits per heavy atom. The van der Waals surface area contributed by atoms with Gasteiger partial charge in [-0.3, -0.25) is 4.79 Å². The van der Waals surface area contributed by atoms with Gasteiger partial charge in [0.25, 0.3) is 0 Å². The number of ether oxygens (including phenoxy) is 4. The summed E-state index contributed by atoms with van der Waals surface area (Å²) in [6.45, 7) is 0. The average Bonchev–Trinajstić information content (AvgIpc) is 3.47. The molecule has 0 saturated heterocycles. The van der Waals surface area contributed by atoms with Crippen molar-refractivity contribution in [3.05, 3.63) is 128 Å². The molecule has 3 heterocycles. The lowest BCUT2D eigenvalue weighted by molar-refractivity contribution is -0.00973. The maximum absolute atomic E-state index is 15.5. The number of carbonyl (C=O) groups is 2. The fourth-order valence-corrected chi connectivity index (χ4v) is 10.8. The minimum atomic E-state index is -3.30. The number of hydrogen-bond acceptors (Lipinski definition) is 22. The Morgan fingerprint density at radius 1 is 0.521 bits per heavy atom. The van der Waals surface area contributed by atoms with Crippen LogP contribution in [0.25, 0.3) is 0 Å². The molecule has 22 heteroatoms. The summed E-state index contributed by atoms with van der Waals surface area (Å²) in [4.78, 5) is 29.7. The maximum Gasteiger partial charge on any atom is 0.338 e. The summed E-state index contributed by atoms with van der Waals surface area (Å²) in [7, 11) is 0. The standard InChI is InChI=1S/C51H40O22/c52-16-3-25(55)19-9-32(62)46(70-34(19)6-16)22-11-30(60)44(65)41-38(22)39-24(48-37(13-21-27(57)5-18(54)8-36(21)72-48)73-50(68)15-1-28(58)43(64)29(59)2-15)14-51(69,49(41)67)42-40(39)23(12-31(61)45(42)66)47-33(63)10-20-26(56)4-17(53)7-35(20)71-47/h1-8,11-12,14,32-33,37,39,46-48,52-66,69H,9-10,13H2/t32-,33-,37-,39?,46-,47-,48-,51?/m1/s1. The first-order valence-corrected chi connectivity index (χ1v) is 22.2. The fourth-order valence-electron chi connectivity index (χ4n) is 10.8. The van der Waals surface area contributed by atoms with Crippen LogP contribution in [-0.4, -0.2) is 118 Å². The Bertz CT molecular complexity index is 3450. The summed E-state index contributed by atoms with van der Waals surface area (Å²) in [5.74, 6) is -15.5. The van der Waals surface area contributed by atoms with Gasteiger partial charge < -0.3 is 101 Å². The fraction of sp³-hybridized carbons (Fsp3) is 0.216. The van der Waals surface area contributed by atoms with E-state index in [1.807, 2.05) is 0 Å². The molecular weight excluding hydrogens is 965 g/mol. The second-order valence-corrected chi connectivity index (χ2v) is 18.4. The van der Waals surface area contributed by atoms with Gasteiger partial charge in [-0.2, -0.15) is 0 Å². The SMILES string of the molecule is O=C(O[C@@H]1Cc2c(O)cc(O)cc2O[C@@H]1C1=CC2(O)C(=O)c3c(O)c(O)cc([C@H]4Oc5cc(O)cc(O)c5C[C@H]4O)c3C1c1c([C@H]3Oc4cc(O)cc(O)c4C[C@H]3O)cc(O)c(O)c12)c1cc(O)c(O)c(O)c1. The van der Waals surface area contributed by atoms with E-state index in [1.54, 1.807) is 0 Å². The number of fused-ring (bicyclic) bond motifs is 3. The summed E-state index contributed by atoms with van der Waals surface area (Å²) in [6, 6.07) is 9.54. The number of rotatable bonds is 5. The van der Waals surface area contributed by atoms with Crippen molar-refractivity contribution in [3.8, 4) is 92.0 Å². The van der Waals surface area contributed by atoms with Gasteiger partial charge in [0.05, 0.1) is 23.3 Å². The largest absolute Gasteiger partial charge is 0.508 e. The zero-order valence-electron chi connectivity index (χ0n) is 37.1. The summed E-state index contributed by atoms with van der Waals surface area (Å²) in [5, 5.41) is 179. The highest BCUT2D eigenvalue weighted by atomic mass is 16.6. The van der Waals surface area contributed by atoms with Crippen molar-refractivity contribution in [2.75, 3.05) is 0 Å². The highest BCUT2D eigenvalue weighted by Crippen LogP contribution is 2.62. The van der Waals surface area contributed by atoms with Gasteiger partial charge in [-0.05, 0) is 47.0 Å². The van der Waals surface area contributed by atoms with Crippen molar-refractivity contribution in [1.82, 2.24) is 0 Å². The highest BCUT2D eigenvalue weighted by Gasteiger charge is 2.58. The van der Waals surface area contributed by atoms with Gasteiger partial charge in [-0.25, -0.2) is 4.79 Å². The van der Waals surface area contributed by atoms with Gasteiger partial charge in [0.2, 0.25) is 5.78 Å². The van der Waals surface area contributed by atoms with Crippen LogP contribution in [0.4, 0.5) is 0 Å². The van der Waals surface area contributed by atoms with Gasteiger partial charge in [-0.1, -0.05) is 0 Å². The maximum atomic E-state index is 15.5. The number of phenolic OH excluding ortho intramolecular Hbond substituents is 13. The molecular formula is C51H40O22. The third-order valence-corrected chi connectivity index (χ3v) is 14.0. The summed E-state index contributed by atoms with van der Waals surface area (Å²) >= 11 is 0. The number of phenols is 13. The van der Waals surface area contributed by atoms with Crippen LogP contribution < -0.4 is 14.2 Å². The van der Waals surface area contributed by atoms with E-state index in [1.165, 1.54) is 0 Å². The van der Waals surface area contributed by atoms with Gasteiger partial charge in [0, 0.05) is 95.0 Å². The van der Waals surface area contributed by atoms with Crippen LogP contribution in [0.2, 0.25) is 0 Å². The molecule has 0 radical (unpaired) electrons. The molecule has 12 rings (SSSR count). The first-order valence-electron chi connectivity index (χ1n) is 22.2. The molecule has 22 nitrogen and oxygen atoms in total. The van der Waals surface area contributed by atoms with E-state index in [9.17, 15) is 86.5 Å². The zero-order chi connectivity index (χ0) is 52.0. The van der Waals surface area contributed by atoms with Crippen molar-refractivity contribution >= 4 is 11.8 Å². The van der Waals surface area contributed by atoms with Gasteiger partial charge in [0.1, 0.15) is 57.8 Å². The lowest BCUT2D eigenvalue weighted by Gasteiger charge is -2.43. The number of aliphatic hydroxyl groups is 3. The number of hydrogen-bond donors (Lipinski definition) is 16. The summed E-state index contributed by atoms with van der Waals surface area (Å²) in [5.41, 5.74) is -7.34. The summed E-state index contributed by atoms with van der Waals surface area (Å²) in [6.07, 6.45) is -10.9. The molecule has 3 aliphatic carbocycles. The van der Waals surface area contributed by atoms with Crippen molar-refractivity contribution in [2.45, 2.75) is 67.4 Å². The molecule has 73 heavy (non-hydrogen) atoms. The Morgan fingerprint density at radius 3 is 1.47 bits per heavy atom. The van der Waals surface area contributed by atoms with Gasteiger partial charge >= 0.3 is 5.97 Å². The monoisotopic (exact) mass is 1000 g/mol. The average molecular weight is 1000 g/mol. The third kappa shape index (κ3) is 6.89. The molecule has 2 unspecified atom stereocenters. The van der Waals surface area contributed by atoms with Crippen LogP contribution in [-0.2, 0) is 29.6 Å². The molecule has 6 aromatic carbocycles. The van der Waals surface area contributed by atoms with Crippen LogP contribution >= 0.6 is 0 Å². The number of Topliss-reactive ketones (excluding diaryl/α,β-unsaturated/α-hetero) is 1. The molecule has 6 aliphatic rings. The van der Waals surface area contributed by atoms with E-state index < -0.39 is 182 Å². The Labute approximate surface area is 408 Å². The van der Waals surface area contributed by atoms with E-state index in [0.29, 0.717) is 0 Å². The van der Waals surface area contributed by atoms with Crippen LogP contribution in [0.15, 0.2) is 72.3 Å². The molecule has 6 aromatic rings. The Balaban J connectivity index is 1.20. The van der Waals surface area contributed by atoms with Crippen molar-refractivity contribution < 1.29 is 110 Å². The van der Waals surface area contributed by atoms with Crippen molar-refractivity contribution in [2.24, 2.45) is 0 Å². The van der Waals surface area contributed by atoms with Crippen LogP contribution in [0, 0.1) is 0 Å². The predicted octanol–water partition coefficient (Wildman–Crippen LogP) is 3.62. The second-order valence-electron chi connectivity index (χ2n) is 18.4. The second kappa shape index (κ2) is 15.9. The molecule has 0 saturated carbocycles. The first kappa shape index (κ1) is 46.3. The molecule has 16 N–H and O–H groups in total. The lowest BCUT2D eigenvalue weighted by atomic mass is 9.68. The highest BCUT2D eigenvalue weighted by molar-refractivity contribution is 6.11. The number of aliphatic hydroxyl groups excluding tert-OH is 2. The van der Waals surface area contributed by atoms with E-state index in [-0.39, 0.29) is 50.6 Å². The Hall–Kier alpha value is -9.12. The van der Waals surface area contributed by atoms with Crippen LogP contribution in [0.1, 0.15) is 83.3 Å². The van der Waals surface area contributed by atoms with Gasteiger partial charge in [-0.15, -0.1) is 0 Å². The Kier molecular flexibility index (Phi) is 10.1. The van der Waals surface area contributed by atoms with E-state index >= 15 is 4.79 Å². The molecule has 0 fully saturated rings. The number of aromatic hydroxyl groups is 13. The summed E-state index contributed by atoms with van der Waals surface area (Å²) < 4.78 is 25.0. The van der Waals surface area contributed by atoms with Crippen LogP contribution in [0.5, 0.6) is 92.0 Å². The molecule has 8 atom stereocenters. The zero-order valence-corrected chi connectivity index (χ0v) is 37.1. The third-order valence-electron chi connectivity index (χ3n) is 14.0. The normalized spacial score (nSPS) is 24.2. The molecule has 2 bridgehead atoms. The smallest absolute Gasteiger partial charge is 0.338 e. The van der Waals surface area contributed by atoms with E-state index in [0.717, 1.165) is 66.7 Å². The number of ketones is 1. The van der Waals surface area contributed by atoms with E-state index in [2.05, 4.69) is 0 Å². The number of carbonyl (C=O) groups excluding carboxylic acids is 2. The lowest BCUT2D eigenvalue weighted by Crippen LogP contribution is -2.46. The molecule has 3 aliphatic heterocycles. The number of esters is 1. The predicted molar refractivity (Wildman–Crippen MR) is 242 cm³/mol. The number of benzene rings is 6. The van der Waals surface area contributed by atoms with Crippen LogP contribution in [0.3, 0.4) is 0 Å². The topological polar surface area (TPSA) is 395 Å². The minimum absolute atomic E-state index is 0.0251. The van der Waals surface area contributed by atoms with Gasteiger partial charge in [0.15, 0.2) is 64.2 Å². The quantitative estimate of drug-likeness (QED) is 0.0666. The molecule has 0 amide bonds. The molecule has 376 valence electrons. The van der Waals surface area contributed by atoms with Crippen molar-refractivity contribution in [1.29, 1.82) is 0 Å². The molecule has 0 aromatic heterocycles. The minimum Gasteiger partial charge on any atom is -0.508 e. The van der Waals surface area contributed by atoms with E-state index in [4.69, 9.17) is 18.9 Å². The molecule has 0 spiro atoms. The van der Waals surface area contributed by atoms with Crippen molar-refractivity contribution in [3.63, 3.8) is 0 Å².